The van der Waals surface area contributed by atoms with E-state index < -0.39 is 12.1 Å². The molecule has 0 aliphatic heterocycles. The van der Waals surface area contributed by atoms with Crippen molar-refractivity contribution in [2.45, 2.75) is 392 Å². The predicted octanol–water partition coefficient (Wildman–Crippen LogP) is 20.6. The van der Waals surface area contributed by atoms with Crippen molar-refractivity contribution in [1.82, 2.24) is 5.32 Å². The Balaban J connectivity index is 3.41. The molecular formula is C65H129NO5. The van der Waals surface area contributed by atoms with E-state index in [9.17, 15) is 19.8 Å². The molecule has 1 amide bonds. The summed E-state index contributed by atoms with van der Waals surface area (Å²) < 4.78 is 5.48. The number of carbonyl (C=O) groups is 2. The Bertz CT molecular complexity index is 1020. The maximum absolute atomic E-state index is 12.5. The van der Waals surface area contributed by atoms with Crippen molar-refractivity contribution in [2.75, 3.05) is 13.2 Å². The van der Waals surface area contributed by atoms with Gasteiger partial charge in [0.2, 0.25) is 5.91 Å². The van der Waals surface area contributed by atoms with Crippen molar-refractivity contribution in [3.63, 3.8) is 0 Å². The molecule has 2 unspecified atom stereocenters. The Kier molecular flexibility index (Phi) is 60.4. The number of nitrogens with one attached hydrogen (secondary N) is 1. The quantitative estimate of drug-likeness (QED) is 0.0417. The number of esters is 1. The molecule has 6 nitrogen and oxygen atoms in total. The SMILES string of the molecule is CCCCCCCCCCCCCCCCCCCCCCCCCCCC(O)C(CO)NC(=O)CCCCCCCCCCCCCCCCCOC(=O)CCCCCCCCCCCCCCCC. The monoisotopic (exact) mass is 1000 g/mol. The van der Waals surface area contributed by atoms with Gasteiger partial charge < -0.3 is 20.3 Å². The molecule has 0 heterocycles. The van der Waals surface area contributed by atoms with E-state index in [1.165, 1.54) is 302 Å². The van der Waals surface area contributed by atoms with E-state index in [1.807, 2.05) is 0 Å². The number of aliphatic hydroxyl groups excluding tert-OH is 2. The van der Waals surface area contributed by atoms with Gasteiger partial charge in [-0.25, -0.2) is 0 Å². The van der Waals surface area contributed by atoms with Crippen LogP contribution in [-0.2, 0) is 14.3 Å². The second-order valence-electron chi connectivity index (χ2n) is 22.8. The zero-order valence-electron chi connectivity index (χ0n) is 48.5. The molecule has 0 saturated heterocycles. The summed E-state index contributed by atoms with van der Waals surface area (Å²) in [6.45, 7) is 4.98. The fourth-order valence-corrected chi connectivity index (χ4v) is 10.6. The van der Waals surface area contributed by atoms with Gasteiger partial charge in [-0.2, -0.15) is 0 Å². The van der Waals surface area contributed by atoms with E-state index >= 15 is 0 Å². The topological polar surface area (TPSA) is 95.9 Å². The number of unbranched alkanes of at least 4 members (excludes halogenated alkanes) is 51. The number of amides is 1. The summed E-state index contributed by atoms with van der Waals surface area (Å²) >= 11 is 0. The molecule has 0 aromatic carbocycles. The number of carbonyl (C=O) groups excluding carboxylic acids is 2. The van der Waals surface area contributed by atoms with E-state index in [2.05, 4.69) is 19.2 Å². The predicted molar refractivity (Wildman–Crippen MR) is 310 cm³/mol. The third kappa shape index (κ3) is 58.0. The van der Waals surface area contributed by atoms with Crippen molar-refractivity contribution in [3.05, 3.63) is 0 Å². The maximum atomic E-state index is 12.5. The third-order valence-electron chi connectivity index (χ3n) is 15.7. The molecule has 6 heteroatoms. The molecule has 0 saturated carbocycles. The molecule has 424 valence electrons. The van der Waals surface area contributed by atoms with Crippen LogP contribution in [0.2, 0.25) is 0 Å². The Morgan fingerprint density at radius 3 is 0.859 bits per heavy atom. The highest BCUT2D eigenvalue weighted by Crippen LogP contribution is 2.19. The van der Waals surface area contributed by atoms with Crippen LogP contribution in [0.15, 0.2) is 0 Å². The lowest BCUT2D eigenvalue weighted by atomic mass is 10.0. The van der Waals surface area contributed by atoms with Crippen molar-refractivity contribution in [1.29, 1.82) is 0 Å². The molecule has 3 N–H and O–H groups in total. The highest BCUT2D eigenvalue weighted by atomic mass is 16.5. The zero-order valence-corrected chi connectivity index (χ0v) is 48.5. The van der Waals surface area contributed by atoms with E-state index in [4.69, 9.17) is 4.74 Å². The average Bonchev–Trinajstić information content (AvgIpc) is 3.37. The normalized spacial score (nSPS) is 12.5. The first-order valence-electron chi connectivity index (χ1n) is 32.8. The molecule has 0 spiro atoms. The van der Waals surface area contributed by atoms with Gasteiger partial charge in [-0.15, -0.1) is 0 Å². The van der Waals surface area contributed by atoms with Gasteiger partial charge in [-0.3, -0.25) is 9.59 Å². The highest BCUT2D eigenvalue weighted by molar-refractivity contribution is 5.76. The fraction of sp³-hybridized carbons (Fsp3) is 0.969. The van der Waals surface area contributed by atoms with E-state index in [0.29, 0.717) is 25.9 Å². The number of hydrogen-bond donors (Lipinski definition) is 3. The molecular weight excluding hydrogens is 875 g/mol. The van der Waals surface area contributed by atoms with Crippen LogP contribution >= 0.6 is 0 Å². The summed E-state index contributed by atoms with van der Waals surface area (Å²) in [5.41, 5.74) is 0. The largest absolute Gasteiger partial charge is 0.466 e. The lowest BCUT2D eigenvalue weighted by molar-refractivity contribution is -0.143. The Morgan fingerprint density at radius 2 is 0.577 bits per heavy atom. The lowest BCUT2D eigenvalue weighted by Gasteiger charge is -2.22. The van der Waals surface area contributed by atoms with Gasteiger partial charge in [0.05, 0.1) is 25.4 Å². The number of aliphatic hydroxyl groups is 2. The first-order chi connectivity index (χ1) is 35.0. The van der Waals surface area contributed by atoms with Crippen molar-refractivity contribution < 1.29 is 24.5 Å². The van der Waals surface area contributed by atoms with Crippen molar-refractivity contribution >= 4 is 11.9 Å². The van der Waals surface area contributed by atoms with Gasteiger partial charge in [-0.1, -0.05) is 341 Å². The third-order valence-corrected chi connectivity index (χ3v) is 15.7. The molecule has 0 aromatic rings. The Hall–Kier alpha value is -1.14. The van der Waals surface area contributed by atoms with Crippen molar-refractivity contribution in [2.24, 2.45) is 0 Å². The minimum Gasteiger partial charge on any atom is -0.466 e. The summed E-state index contributed by atoms with van der Waals surface area (Å²) in [5.74, 6) is -0.0331. The van der Waals surface area contributed by atoms with Gasteiger partial charge in [0.25, 0.3) is 0 Å². The molecule has 0 aromatic heterocycles. The second-order valence-corrected chi connectivity index (χ2v) is 22.8. The summed E-state index contributed by atoms with van der Waals surface area (Å²) in [5, 5.41) is 23.4. The van der Waals surface area contributed by atoms with Crippen LogP contribution in [-0.4, -0.2) is 47.4 Å². The number of hydrogen-bond acceptors (Lipinski definition) is 5. The maximum Gasteiger partial charge on any atom is 0.305 e. The van der Waals surface area contributed by atoms with Crippen LogP contribution in [0.5, 0.6) is 0 Å². The number of rotatable bonds is 62. The van der Waals surface area contributed by atoms with Gasteiger partial charge in [0.15, 0.2) is 0 Å². The van der Waals surface area contributed by atoms with Gasteiger partial charge in [0, 0.05) is 12.8 Å². The first-order valence-corrected chi connectivity index (χ1v) is 32.8. The smallest absolute Gasteiger partial charge is 0.305 e. The molecule has 0 aliphatic carbocycles. The molecule has 0 radical (unpaired) electrons. The van der Waals surface area contributed by atoms with Crippen LogP contribution in [0.3, 0.4) is 0 Å². The number of ether oxygens (including phenoxy) is 1. The van der Waals surface area contributed by atoms with E-state index in [0.717, 1.165) is 44.9 Å². The molecule has 0 rings (SSSR count). The van der Waals surface area contributed by atoms with Gasteiger partial charge in [-0.05, 0) is 25.7 Å². The van der Waals surface area contributed by atoms with E-state index in [1.54, 1.807) is 0 Å². The minimum atomic E-state index is -0.670. The first kappa shape index (κ1) is 69.9. The second kappa shape index (κ2) is 61.4. The summed E-state index contributed by atoms with van der Waals surface area (Å²) in [7, 11) is 0. The summed E-state index contributed by atoms with van der Waals surface area (Å²) in [4.78, 5) is 24.6. The average molecular weight is 1000 g/mol. The zero-order chi connectivity index (χ0) is 51.4. The standard InChI is InChI=1S/C65H129NO5/c1-3-5-7-9-11-13-15-17-19-20-21-22-23-24-25-26-27-28-30-33-37-41-45-49-53-57-63(68)62(61-67)66-64(69)58-54-50-46-42-38-34-31-29-32-36-40-44-48-52-56-60-71-65(70)59-55-51-47-43-39-35-18-16-14-12-10-8-6-4-2/h62-63,67-68H,3-61H2,1-2H3,(H,66,69). The Morgan fingerprint density at radius 1 is 0.338 bits per heavy atom. The van der Waals surface area contributed by atoms with Crippen LogP contribution in [0, 0.1) is 0 Å². The summed E-state index contributed by atoms with van der Waals surface area (Å²) in [6, 6.07) is -0.548. The van der Waals surface area contributed by atoms with Crippen molar-refractivity contribution in [3.8, 4) is 0 Å². The molecule has 71 heavy (non-hydrogen) atoms. The molecule has 2 atom stereocenters. The highest BCUT2D eigenvalue weighted by Gasteiger charge is 2.20. The molecule has 0 bridgehead atoms. The van der Waals surface area contributed by atoms with Gasteiger partial charge in [0.1, 0.15) is 0 Å². The summed E-state index contributed by atoms with van der Waals surface area (Å²) in [6.07, 6.45) is 72.6. The lowest BCUT2D eigenvalue weighted by Crippen LogP contribution is -2.45. The minimum absolute atomic E-state index is 0.00471. The van der Waals surface area contributed by atoms with Crippen LogP contribution in [0.1, 0.15) is 380 Å². The Labute approximate surface area is 445 Å². The van der Waals surface area contributed by atoms with Crippen LogP contribution in [0.25, 0.3) is 0 Å². The van der Waals surface area contributed by atoms with Gasteiger partial charge >= 0.3 is 5.97 Å². The molecule has 0 fully saturated rings. The van der Waals surface area contributed by atoms with E-state index in [-0.39, 0.29) is 18.5 Å². The van der Waals surface area contributed by atoms with Crippen LogP contribution < -0.4 is 5.32 Å². The van der Waals surface area contributed by atoms with Crippen LogP contribution in [0.4, 0.5) is 0 Å². The molecule has 0 aliphatic rings. The fourth-order valence-electron chi connectivity index (χ4n) is 10.6.